The van der Waals surface area contributed by atoms with Crippen LogP contribution in [0.2, 0.25) is 0 Å². The van der Waals surface area contributed by atoms with Gasteiger partial charge in [0, 0.05) is 25.9 Å². The van der Waals surface area contributed by atoms with Gasteiger partial charge < -0.3 is 4.42 Å². The fourth-order valence-corrected chi connectivity index (χ4v) is 1.72. The third-order valence-corrected chi connectivity index (χ3v) is 3.06. The van der Waals surface area contributed by atoms with Crippen LogP contribution in [0, 0.1) is 6.92 Å². The molecule has 96 valence electrons. The lowest BCUT2D eigenvalue weighted by molar-refractivity contribution is 0.225. The number of nitrogens with zero attached hydrogens (tertiary/aromatic N) is 4. The first-order valence-corrected chi connectivity index (χ1v) is 6.06. The molecule has 0 radical (unpaired) electrons. The van der Waals surface area contributed by atoms with E-state index in [0.29, 0.717) is 11.8 Å². The average molecular weight is 246 g/mol. The summed E-state index contributed by atoms with van der Waals surface area (Å²) in [5.41, 5.74) is 1.28. The van der Waals surface area contributed by atoms with Gasteiger partial charge in [-0.3, -0.25) is 9.88 Å². The fraction of sp³-hybridized carbons (Fsp3) is 0.462. The van der Waals surface area contributed by atoms with Crippen LogP contribution < -0.4 is 0 Å². The van der Waals surface area contributed by atoms with Gasteiger partial charge in [-0.15, -0.1) is 10.2 Å². The van der Waals surface area contributed by atoms with E-state index in [4.69, 9.17) is 4.42 Å². The molecule has 0 saturated heterocycles. The van der Waals surface area contributed by atoms with Gasteiger partial charge in [0.15, 0.2) is 0 Å². The van der Waals surface area contributed by atoms with Crippen LogP contribution in [0.25, 0.3) is 0 Å². The summed E-state index contributed by atoms with van der Waals surface area (Å²) in [5, 5.41) is 7.91. The molecule has 5 heteroatoms. The molecule has 0 bridgehead atoms. The smallest absolute Gasteiger partial charge is 0.233 e. The minimum atomic E-state index is 0.132. The molecule has 0 spiro atoms. The summed E-state index contributed by atoms with van der Waals surface area (Å²) in [6, 6.07) is 4.21. The lowest BCUT2D eigenvalue weighted by atomic mass is 10.2. The Morgan fingerprint density at radius 3 is 2.61 bits per heavy atom. The minimum Gasteiger partial charge on any atom is -0.424 e. The van der Waals surface area contributed by atoms with E-state index in [1.165, 1.54) is 5.56 Å². The van der Waals surface area contributed by atoms with E-state index < -0.39 is 0 Å². The molecular weight excluding hydrogens is 228 g/mol. The van der Waals surface area contributed by atoms with Crippen LogP contribution in [0.4, 0.5) is 0 Å². The number of pyridine rings is 1. The van der Waals surface area contributed by atoms with Crippen LogP contribution in [-0.2, 0) is 6.42 Å². The second-order valence-electron chi connectivity index (χ2n) is 4.42. The zero-order chi connectivity index (χ0) is 13.0. The van der Waals surface area contributed by atoms with Crippen molar-refractivity contribution in [3.05, 3.63) is 41.9 Å². The van der Waals surface area contributed by atoms with E-state index in [0.717, 1.165) is 13.0 Å². The first-order chi connectivity index (χ1) is 8.66. The maximum absolute atomic E-state index is 5.44. The Hall–Kier alpha value is -1.75. The molecule has 5 nitrogen and oxygen atoms in total. The summed E-state index contributed by atoms with van der Waals surface area (Å²) >= 11 is 0. The molecule has 2 aromatic rings. The molecule has 0 amide bonds. The van der Waals surface area contributed by atoms with Crippen molar-refractivity contribution in [2.45, 2.75) is 26.3 Å². The van der Waals surface area contributed by atoms with Crippen LogP contribution in [0.3, 0.4) is 0 Å². The van der Waals surface area contributed by atoms with Gasteiger partial charge in [-0.05, 0) is 38.1 Å². The number of aryl methyl sites for hydroxylation is 1. The van der Waals surface area contributed by atoms with Crippen LogP contribution in [-0.4, -0.2) is 33.7 Å². The van der Waals surface area contributed by atoms with Crippen molar-refractivity contribution in [2.75, 3.05) is 13.6 Å². The van der Waals surface area contributed by atoms with Crippen LogP contribution in [0.15, 0.2) is 28.9 Å². The summed E-state index contributed by atoms with van der Waals surface area (Å²) in [6.45, 7) is 4.81. The molecule has 0 aliphatic rings. The summed E-state index contributed by atoms with van der Waals surface area (Å²) in [4.78, 5) is 6.21. The standard InChI is InChI=1S/C13H18N4O/c1-10(13-16-15-11(2)18-13)17(3)9-6-12-4-7-14-8-5-12/h4-5,7-8,10H,6,9H2,1-3H3/t10-/m0/s1. The van der Waals surface area contributed by atoms with Crippen molar-refractivity contribution in [3.8, 4) is 0 Å². The fourth-order valence-electron chi connectivity index (χ4n) is 1.72. The zero-order valence-electron chi connectivity index (χ0n) is 11.0. The Balaban J connectivity index is 1.90. The highest BCUT2D eigenvalue weighted by Crippen LogP contribution is 2.17. The van der Waals surface area contributed by atoms with Crippen molar-refractivity contribution >= 4 is 0 Å². The third kappa shape index (κ3) is 3.13. The van der Waals surface area contributed by atoms with Gasteiger partial charge in [0.25, 0.3) is 0 Å². The second-order valence-corrected chi connectivity index (χ2v) is 4.42. The van der Waals surface area contributed by atoms with Gasteiger partial charge >= 0.3 is 0 Å². The molecule has 2 aromatic heterocycles. The molecular formula is C13H18N4O. The van der Waals surface area contributed by atoms with Gasteiger partial charge in [-0.25, -0.2) is 0 Å². The topological polar surface area (TPSA) is 55.1 Å². The second kappa shape index (κ2) is 5.73. The molecule has 0 N–H and O–H groups in total. The Morgan fingerprint density at radius 2 is 2.00 bits per heavy atom. The number of hydrogen-bond acceptors (Lipinski definition) is 5. The first kappa shape index (κ1) is 12.7. The van der Waals surface area contributed by atoms with Crippen molar-refractivity contribution in [1.82, 2.24) is 20.1 Å². The van der Waals surface area contributed by atoms with Crippen molar-refractivity contribution in [2.24, 2.45) is 0 Å². The van der Waals surface area contributed by atoms with Gasteiger partial charge in [0.2, 0.25) is 11.8 Å². The highest BCUT2D eigenvalue weighted by Gasteiger charge is 2.17. The molecule has 0 aliphatic carbocycles. The number of hydrogen-bond donors (Lipinski definition) is 0. The van der Waals surface area contributed by atoms with Gasteiger partial charge in [-0.2, -0.15) is 0 Å². The largest absolute Gasteiger partial charge is 0.424 e. The van der Waals surface area contributed by atoms with Crippen LogP contribution in [0.1, 0.15) is 30.3 Å². The number of aromatic nitrogens is 3. The average Bonchev–Trinajstić information content (AvgIpc) is 2.83. The highest BCUT2D eigenvalue weighted by atomic mass is 16.4. The number of rotatable bonds is 5. The Kier molecular flexibility index (Phi) is 4.04. The molecule has 0 unspecified atom stereocenters. The molecule has 0 aliphatic heterocycles. The molecule has 0 fully saturated rings. The predicted octanol–water partition coefficient (Wildman–Crippen LogP) is 2.01. The first-order valence-electron chi connectivity index (χ1n) is 6.06. The van der Waals surface area contributed by atoms with Crippen LogP contribution in [0.5, 0.6) is 0 Å². The lowest BCUT2D eigenvalue weighted by Crippen LogP contribution is -2.25. The van der Waals surface area contributed by atoms with Crippen molar-refractivity contribution in [3.63, 3.8) is 0 Å². The van der Waals surface area contributed by atoms with E-state index in [1.54, 1.807) is 6.92 Å². The Bertz CT molecular complexity index is 483. The monoisotopic (exact) mass is 246 g/mol. The van der Waals surface area contributed by atoms with Crippen molar-refractivity contribution < 1.29 is 4.42 Å². The summed E-state index contributed by atoms with van der Waals surface area (Å²) in [5.74, 6) is 1.28. The van der Waals surface area contributed by atoms with E-state index in [1.807, 2.05) is 24.5 Å². The van der Waals surface area contributed by atoms with Gasteiger partial charge in [0.05, 0.1) is 6.04 Å². The van der Waals surface area contributed by atoms with E-state index in [-0.39, 0.29) is 6.04 Å². The molecule has 0 aromatic carbocycles. The molecule has 2 rings (SSSR count). The summed E-state index contributed by atoms with van der Waals surface area (Å²) in [6.07, 6.45) is 4.62. The molecule has 18 heavy (non-hydrogen) atoms. The quantitative estimate of drug-likeness (QED) is 0.807. The van der Waals surface area contributed by atoms with E-state index in [2.05, 4.69) is 34.1 Å². The SMILES string of the molecule is Cc1nnc([C@H](C)N(C)CCc2ccncc2)o1. The van der Waals surface area contributed by atoms with Gasteiger partial charge in [0.1, 0.15) is 0 Å². The summed E-state index contributed by atoms with van der Waals surface area (Å²) in [7, 11) is 2.06. The van der Waals surface area contributed by atoms with Gasteiger partial charge in [-0.1, -0.05) is 0 Å². The maximum atomic E-state index is 5.44. The number of likely N-dealkylation sites (N-methyl/N-ethyl adjacent to an activating group) is 1. The van der Waals surface area contributed by atoms with E-state index in [9.17, 15) is 0 Å². The Morgan fingerprint density at radius 1 is 1.28 bits per heavy atom. The van der Waals surface area contributed by atoms with E-state index >= 15 is 0 Å². The lowest BCUT2D eigenvalue weighted by Gasteiger charge is -2.21. The molecule has 0 saturated carbocycles. The zero-order valence-corrected chi connectivity index (χ0v) is 11.0. The predicted molar refractivity (Wildman–Crippen MR) is 68.0 cm³/mol. The molecule has 1 atom stereocenters. The van der Waals surface area contributed by atoms with Crippen molar-refractivity contribution in [1.29, 1.82) is 0 Å². The summed E-state index contributed by atoms with van der Waals surface area (Å²) < 4.78 is 5.44. The maximum Gasteiger partial charge on any atom is 0.233 e. The minimum absolute atomic E-state index is 0.132. The normalized spacial score (nSPS) is 12.9. The highest BCUT2D eigenvalue weighted by molar-refractivity contribution is 5.10. The Labute approximate surface area is 107 Å². The molecule has 2 heterocycles. The third-order valence-electron chi connectivity index (χ3n) is 3.06. The van der Waals surface area contributed by atoms with Crippen LogP contribution >= 0.6 is 0 Å².